The van der Waals surface area contributed by atoms with Crippen molar-refractivity contribution in [1.29, 1.82) is 0 Å². The second kappa shape index (κ2) is 25.9. The molecule has 0 saturated carbocycles. The summed E-state index contributed by atoms with van der Waals surface area (Å²) in [6.45, 7) is 13.4. The Morgan fingerprint density at radius 2 is 0.851 bits per heavy atom. The zero-order valence-corrected chi connectivity index (χ0v) is 42.7. The quantitative estimate of drug-likeness (QED) is 0.117. The number of hydrogen-bond acceptors (Lipinski definition) is 9. The monoisotopic (exact) mass is 990 g/mol. The largest absolute Gasteiger partial charge is 0.343 e. The standard InChI is InChI=1S/C22H25N3O.C21H23N3O.C17H15N3O.2CH4/c1-5-25(6-2)21(26)22(3,4)20-19(16-12-8-7-9-13-16)23-17-14-10-11-15-18(17)24-20;1-4-15(2)24(3)20(25)14-19-21(16-10-6-5-7-11-16)23-18-13-9-8-12-17(18)22-19;1-20(2)17(21)16-15(12-8-4-3-5-9-12)18-13-10-6-7-11-14(13)19-16;;/h7-15H,5-6H2,1-4H3;5-13,15H,4,14H2,1-3H3;3-11H,1-2H3;2*1H4. The summed E-state index contributed by atoms with van der Waals surface area (Å²) in [4.78, 5) is 71.9. The highest BCUT2D eigenvalue weighted by Crippen LogP contribution is 2.34. The van der Waals surface area contributed by atoms with Gasteiger partial charge in [0.05, 0.1) is 67.7 Å². The molecule has 74 heavy (non-hydrogen) atoms. The molecule has 12 nitrogen and oxygen atoms in total. The van der Waals surface area contributed by atoms with Crippen molar-refractivity contribution in [2.45, 2.75) is 80.7 Å². The molecule has 0 aliphatic carbocycles. The molecular formula is C62H71N9O3. The van der Waals surface area contributed by atoms with Gasteiger partial charge < -0.3 is 14.7 Å². The lowest BCUT2D eigenvalue weighted by atomic mass is 9.84. The number of likely N-dealkylation sites (N-methyl/N-ethyl adjacent to an activating group) is 2. The summed E-state index contributed by atoms with van der Waals surface area (Å²) in [6.07, 6.45) is 1.18. The maximum absolute atomic E-state index is 13.2. The third-order valence-corrected chi connectivity index (χ3v) is 12.7. The van der Waals surface area contributed by atoms with Crippen LogP contribution in [0.25, 0.3) is 66.9 Å². The van der Waals surface area contributed by atoms with Gasteiger partial charge in [-0.05, 0) is 77.4 Å². The summed E-state index contributed by atoms with van der Waals surface area (Å²) in [5.74, 6) is -0.00696. The molecule has 382 valence electrons. The first-order valence-corrected chi connectivity index (χ1v) is 24.5. The number of fused-ring (bicyclic) bond motifs is 3. The van der Waals surface area contributed by atoms with Crippen molar-refractivity contribution in [3.05, 3.63) is 181 Å². The van der Waals surface area contributed by atoms with Gasteiger partial charge in [-0.3, -0.25) is 14.4 Å². The third kappa shape index (κ3) is 13.0. The van der Waals surface area contributed by atoms with E-state index in [2.05, 4.69) is 23.8 Å². The Balaban J connectivity index is 0.000000204. The summed E-state index contributed by atoms with van der Waals surface area (Å²) >= 11 is 0. The highest BCUT2D eigenvalue weighted by atomic mass is 16.2. The van der Waals surface area contributed by atoms with Crippen LogP contribution in [0.15, 0.2) is 164 Å². The van der Waals surface area contributed by atoms with Crippen LogP contribution in [0, 0.1) is 0 Å². The van der Waals surface area contributed by atoms with E-state index in [9.17, 15) is 14.4 Å². The SMILES string of the molecule is C.C.CCC(C)N(C)C(=O)Cc1nc2ccccc2nc1-c1ccccc1.CCN(CC)C(=O)C(C)(C)c1nc2ccccc2nc1-c1ccccc1.CN(C)C(=O)c1nc2ccccc2nc1-c1ccccc1. The highest BCUT2D eigenvalue weighted by Gasteiger charge is 2.37. The van der Waals surface area contributed by atoms with Gasteiger partial charge in [0.25, 0.3) is 5.91 Å². The van der Waals surface area contributed by atoms with Gasteiger partial charge in [0.2, 0.25) is 11.8 Å². The number of benzene rings is 6. The van der Waals surface area contributed by atoms with Gasteiger partial charge in [0.1, 0.15) is 5.69 Å². The Bertz CT molecular complexity index is 3290. The average Bonchev–Trinajstić information content (AvgIpc) is 3.42. The summed E-state index contributed by atoms with van der Waals surface area (Å²) in [6, 6.07) is 52.9. The Kier molecular flexibility index (Phi) is 19.9. The number of carbonyl (C=O) groups excluding carboxylic acids is 3. The van der Waals surface area contributed by atoms with Crippen molar-refractivity contribution >= 4 is 50.8 Å². The first-order chi connectivity index (χ1) is 34.7. The minimum atomic E-state index is -0.770. The van der Waals surface area contributed by atoms with E-state index in [0.717, 1.165) is 79.0 Å². The molecule has 6 aromatic carbocycles. The van der Waals surface area contributed by atoms with Crippen LogP contribution in [0.5, 0.6) is 0 Å². The van der Waals surface area contributed by atoms with E-state index in [1.165, 1.54) is 4.90 Å². The Labute approximate surface area is 437 Å². The summed E-state index contributed by atoms with van der Waals surface area (Å²) in [5, 5.41) is 0. The number of nitrogens with zero attached hydrogens (tertiary/aromatic N) is 9. The van der Waals surface area contributed by atoms with Crippen molar-refractivity contribution < 1.29 is 14.4 Å². The molecule has 9 rings (SSSR count). The zero-order chi connectivity index (χ0) is 51.4. The van der Waals surface area contributed by atoms with Crippen LogP contribution in [0.2, 0.25) is 0 Å². The maximum atomic E-state index is 13.2. The lowest BCUT2D eigenvalue weighted by Gasteiger charge is -2.31. The molecule has 0 saturated heterocycles. The van der Waals surface area contributed by atoms with Crippen molar-refractivity contribution in [3.8, 4) is 33.8 Å². The normalized spacial score (nSPS) is 11.1. The molecule has 9 aromatic rings. The Hall–Kier alpha value is -8.25. The second-order valence-electron chi connectivity index (χ2n) is 18.2. The molecule has 3 aromatic heterocycles. The number of hydrogen-bond donors (Lipinski definition) is 0. The van der Waals surface area contributed by atoms with E-state index in [1.807, 2.05) is 203 Å². The maximum Gasteiger partial charge on any atom is 0.274 e. The first kappa shape index (κ1) is 56.7. The van der Waals surface area contributed by atoms with Crippen LogP contribution in [0.1, 0.15) is 84.7 Å². The van der Waals surface area contributed by atoms with Crippen molar-refractivity contribution in [2.75, 3.05) is 34.2 Å². The molecule has 0 fully saturated rings. The van der Waals surface area contributed by atoms with Gasteiger partial charge >= 0.3 is 0 Å². The van der Waals surface area contributed by atoms with Crippen LogP contribution >= 0.6 is 0 Å². The molecule has 3 heterocycles. The number of rotatable bonds is 12. The first-order valence-electron chi connectivity index (χ1n) is 24.5. The molecule has 0 N–H and O–H groups in total. The second-order valence-corrected chi connectivity index (χ2v) is 18.2. The molecular weight excluding hydrogens is 919 g/mol. The van der Waals surface area contributed by atoms with E-state index < -0.39 is 5.41 Å². The van der Waals surface area contributed by atoms with Crippen LogP contribution in [-0.4, -0.2) is 103 Å². The van der Waals surface area contributed by atoms with Gasteiger partial charge in [-0.2, -0.15) is 0 Å². The zero-order valence-electron chi connectivity index (χ0n) is 42.7. The average molecular weight is 990 g/mol. The molecule has 0 spiro atoms. The van der Waals surface area contributed by atoms with Gasteiger partial charge in [0.15, 0.2) is 5.69 Å². The highest BCUT2D eigenvalue weighted by molar-refractivity contribution is 6.00. The summed E-state index contributed by atoms with van der Waals surface area (Å²) in [7, 11) is 5.29. The van der Waals surface area contributed by atoms with Gasteiger partial charge in [-0.25, -0.2) is 29.9 Å². The van der Waals surface area contributed by atoms with Crippen molar-refractivity contribution in [1.82, 2.24) is 44.6 Å². The number of amides is 3. The number of para-hydroxylation sites is 6. The lowest BCUT2D eigenvalue weighted by molar-refractivity contribution is -0.136. The molecule has 1 atom stereocenters. The fourth-order valence-electron chi connectivity index (χ4n) is 8.17. The molecule has 0 aliphatic rings. The van der Waals surface area contributed by atoms with E-state index in [4.69, 9.17) is 19.9 Å². The van der Waals surface area contributed by atoms with Crippen LogP contribution in [-0.2, 0) is 21.4 Å². The minimum absolute atomic E-state index is 0. The van der Waals surface area contributed by atoms with Crippen molar-refractivity contribution in [3.63, 3.8) is 0 Å². The van der Waals surface area contributed by atoms with E-state index in [1.54, 1.807) is 19.0 Å². The Morgan fingerprint density at radius 3 is 1.28 bits per heavy atom. The third-order valence-electron chi connectivity index (χ3n) is 12.7. The topological polar surface area (TPSA) is 138 Å². The summed E-state index contributed by atoms with van der Waals surface area (Å²) < 4.78 is 0. The molecule has 0 bridgehead atoms. The van der Waals surface area contributed by atoms with E-state index in [0.29, 0.717) is 24.5 Å². The lowest BCUT2D eigenvalue weighted by Crippen LogP contribution is -2.44. The molecule has 0 aliphatic heterocycles. The molecule has 1 unspecified atom stereocenters. The van der Waals surface area contributed by atoms with Gasteiger partial charge in [-0.15, -0.1) is 0 Å². The fraction of sp³-hybridized carbons (Fsp3) is 0.274. The molecule has 3 amide bonds. The smallest absolute Gasteiger partial charge is 0.274 e. The summed E-state index contributed by atoms with van der Waals surface area (Å²) in [5.41, 5.74) is 10.9. The predicted molar refractivity (Wildman–Crippen MR) is 304 cm³/mol. The minimum Gasteiger partial charge on any atom is -0.343 e. The van der Waals surface area contributed by atoms with Crippen LogP contribution < -0.4 is 0 Å². The van der Waals surface area contributed by atoms with Crippen molar-refractivity contribution in [2.24, 2.45) is 0 Å². The molecule has 0 radical (unpaired) electrons. The number of aromatic nitrogens is 6. The fourth-order valence-corrected chi connectivity index (χ4v) is 8.17. The van der Waals surface area contributed by atoms with Crippen LogP contribution in [0.4, 0.5) is 0 Å². The van der Waals surface area contributed by atoms with E-state index in [-0.39, 0.29) is 45.0 Å². The molecule has 12 heteroatoms. The van der Waals surface area contributed by atoms with Gasteiger partial charge in [0, 0.05) is 57.0 Å². The Morgan fingerprint density at radius 1 is 0.486 bits per heavy atom. The number of carbonyl (C=O) groups is 3. The predicted octanol–water partition coefficient (Wildman–Crippen LogP) is 12.8. The van der Waals surface area contributed by atoms with Crippen LogP contribution in [0.3, 0.4) is 0 Å². The van der Waals surface area contributed by atoms with Gasteiger partial charge in [-0.1, -0.05) is 149 Å². The van der Waals surface area contributed by atoms with E-state index >= 15 is 0 Å².